The molecule has 0 radical (unpaired) electrons. The molecule has 1 fully saturated rings. The van der Waals surface area contributed by atoms with Crippen LogP contribution in [0.1, 0.15) is 26.7 Å². The molecule has 1 rings (SSSR count). The standard InChI is InChI=1S/C10H22N2O3S/c1-3-15-7-8-16(13,14)12-10-5-4-6-11-9(10)2/h9-12H,3-8H2,1-2H3. The summed E-state index contributed by atoms with van der Waals surface area (Å²) in [6.07, 6.45) is 1.92. The number of hydrogen-bond donors (Lipinski definition) is 2. The quantitative estimate of drug-likeness (QED) is 0.655. The van der Waals surface area contributed by atoms with Gasteiger partial charge in [0.15, 0.2) is 0 Å². The van der Waals surface area contributed by atoms with Crippen LogP contribution in [0.4, 0.5) is 0 Å². The summed E-state index contributed by atoms with van der Waals surface area (Å²) >= 11 is 0. The van der Waals surface area contributed by atoms with Gasteiger partial charge in [-0.1, -0.05) is 0 Å². The molecule has 96 valence electrons. The molecular weight excluding hydrogens is 228 g/mol. The third-order valence-electron chi connectivity index (χ3n) is 2.79. The maximum atomic E-state index is 11.7. The monoisotopic (exact) mass is 250 g/mol. The van der Waals surface area contributed by atoms with Crippen LogP contribution in [0.25, 0.3) is 0 Å². The van der Waals surface area contributed by atoms with Crippen LogP contribution in [-0.4, -0.2) is 46.0 Å². The number of sulfonamides is 1. The Morgan fingerprint density at radius 2 is 2.25 bits per heavy atom. The number of ether oxygens (including phenoxy) is 1. The lowest BCUT2D eigenvalue weighted by Crippen LogP contribution is -2.52. The molecule has 0 aromatic heterocycles. The first kappa shape index (κ1) is 13.9. The molecule has 2 atom stereocenters. The molecule has 2 N–H and O–H groups in total. The van der Waals surface area contributed by atoms with Gasteiger partial charge in [0, 0.05) is 18.7 Å². The molecule has 6 heteroatoms. The summed E-state index contributed by atoms with van der Waals surface area (Å²) < 4.78 is 31.2. The third kappa shape index (κ3) is 4.78. The van der Waals surface area contributed by atoms with Gasteiger partial charge in [0.25, 0.3) is 0 Å². The van der Waals surface area contributed by atoms with Gasteiger partial charge in [0.2, 0.25) is 10.0 Å². The average Bonchev–Trinajstić information content (AvgIpc) is 2.21. The second-order valence-electron chi connectivity index (χ2n) is 4.13. The van der Waals surface area contributed by atoms with Crippen molar-refractivity contribution in [2.45, 2.75) is 38.8 Å². The van der Waals surface area contributed by atoms with Crippen molar-refractivity contribution in [3.05, 3.63) is 0 Å². The molecule has 1 heterocycles. The Morgan fingerprint density at radius 1 is 1.50 bits per heavy atom. The zero-order valence-corrected chi connectivity index (χ0v) is 10.8. The topological polar surface area (TPSA) is 67.4 Å². The fourth-order valence-electron chi connectivity index (χ4n) is 1.81. The van der Waals surface area contributed by atoms with Crippen molar-refractivity contribution in [1.29, 1.82) is 0 Å². The highest BCUT2D eigenvalue weighted by Crippen LogP contribution is 2.09. The molecule has 0 aromatic carbocycles. The van der Waals surface area contributed by atoms with E-state index in [0.29, 0.717) is 6.61 Å². The average molecular weight is 250 g/mol. The first-order chi connectivity index (χ1) is 7.55. The van der Waals surface area contributed by atoms with Crippen LogP contribution >= 0.6 is 0 Å². The van der Waals surface area contributed by atoms with Crippen LogP contribution in [0.3, 0.4) is 0 Å². The van der Waals surface area contributed by atoms with E-state index < -0.39 is 10.0 Å². The molecule has 0 saturated carbocycles. The lowest BCUT2D eigenvalue weighted by Gasteiger charge is -2.30. The predicted octanol–water partition coefficient (Wildman–Crippen LogP) is 0.0828. The van der Waals surface area contributed by atoms with Gasteiger partial charge in [0.05, 0.1) is 12.4 Å². The van der Waals surface area contributed by atoms with Crippen molar-refractivity contribution in [2.75, 3.05) is 25.5 Å². The predicted molar refractivity (Wildman–Crippen MR) is 63.9 cm³/mol. The minimum atomic E-state index is -3.20. The summed E-state index contributed by atoms with van der Waals surface area (Å²) in [6.45, 7) is 5.65. The third-order valence-corrected chi connectivity index (χ3v) is 4.16. The summed E-state index contributed by atoms with van der Waals surface area (Å²) in [5, 5.41) is 3.26. The van der Waals surface area contributed by atoms with Gasteiger partial charge in [-0.25, -0.2) is 13.1 Å². The first-order valence-electron chi connectivity index (χ1n) is 5.86. The molecule has 0 spiro atoms. The van der Waals surface area contributed by atoms with Crippen molar-refractivity contribution in [2.24, 2.45) is 0 Å². The minimum Gasteiger partial charge on any atom is -0.381 e. The van der Waals surface area contributed by atoms with E-state index in [1.165, 1.54) is 0 Å². The maximum Gasteiger partial charge on any atom is 0.214 e. The van der Waals surface area contributed by atoms with Gasteiger partial charge < -0.3 is 10.1 Å². The zero-order chi connectivity index (χ0) is 12.0. The molecule has 5 nitrogen and oxygen atoms in total. The number of piperidine rings is 1. The Morgan fingerprint density at radius 3 is 2.88 bits per heavy atom. The van der Waals surface area contributed by atoms with Crippen LogP contribution in [0.15, 0.2) is 0 Å². The van der Waals surface area contributed by atoms with Crippen LogP contribution in [0.2, 0.25) is 0 Å². The number of hydrogen-bond acceptors (Lipinski definition) is 4. The van der Waals surface area contributed by atoms with Crippen molar-refractivity contribution in [3.8, 4) is 0 Å². The van der Waals surface area contributed by atoms with E-state index in [2.05, 4.69) is 10.0 Å². The highest BCUT2D eigenvalue weighted by atomic mass is 32.2. The summed E-state index contributed by atoms with van der Waals surface area (Å²) in [5.74, 6) is 0.0457. The number of rotatable bonds is 6. The van der Waals surface area contributed by atoms with Crippen LogP contribution in [0, 0.1) is 0 Å². The Bertz CT molecular complexity index is 292. The molecule has 1 saturated heterocycles. The Balaban J connectivity index is 2.38. The largest absolute Gasteiger partial charge is 0.381 e. The van der Waals surface area contributed by atoms with E-state index in [-0.39, 0.29) is 24.4 Å². The van der Waals surface area contributed by atoms with E-state index in [0.717, 1.165) is 19.4 Å². The fraction of sp³-hybridized carbons (Fsp3) is 1.00. The van der Waals surface area contributed by atoms with Gasteiger partial charge in [-0.3, -0.25) is 0 Å². The van der Waals surface area contributed by atoms with Crippen molar-refractivity contribution in [1.82, 2.24) is 10.0 Å². The lowest BCUT2D eigenvalue weighted by atomic mass is 10.0. The normalized spacial score (nSPS) is 26.9. The van der Waals surface area contributed by atoms with Gasteiger partial charge in [-0.05, 0) is 33.2 Å². The van der Waals surface area contributed by atoms with E-state index in [1.807, 2.05) is 13.8 Å². The molecule has 16 heavy (non-hydrogen) atoms. The molecule has 0 bridgehead atoms. The van der Waals surface area contributed by atoms with Crippen molar-refractivity contribution < 1.29 is 13.2 Å². The van der Waals surface area contributed by atoms with E-state index in [4.69, 9.17) is 4.74 Å². The SMILES string of the molecule is CCOCCS(=O)(=O)NC1CCCNC1C. The van der Waals surface area contributed by atoms with Crippen molar-refractivity contribution >= 4 is 10.0 Å². The smallest absolute Gasteiger partial charge is 0.214 e. The van der Waals surface area contributed by atoms with E-state index in [9.17, 15) is 8.42 Å². The fourth-order valence-corrected chi connectivity index (χ4v) is 3.05. The Hall–Kier alpha value is -0.170. The van der Waals surface area contributed by atoms with Gasteiger partial charge in [0.1, 0.15) is 0 Å². The highest BCUT2D eigenvalue weighted by Gasteiger charge is 2.25. The Kier molecular flexibility index (Phi) is 5.68. The van der Waals surface area contributed by atoms with Gasteiger partial charge >= 0.3 is 0 Å². The molecule has 1 aliphatic heterocycles. The Labute approximate surface area is 98.0 Å². The highest BCUT2D eigenvalue weighted by molar-refractivity contribution is 7.89. The molecule has 0 aromatic rings. The molecule has 2 unspecified atom stereocenters. The van der Waals surface area contributed by atoms with Crippen LogP contribution < -0.4 is 10.0 Å². The molecule has 0 aliphatic carbocycles. The van der Waals surface area contributed by atoms with Crippen molar-refractivity contribution in [3.63, 3.8) is 0 Å². The summed E-state index contributed by atoms with van der Waals surface area (Å²) in [5.41, 5.74) is 0. The number of nitrogens with one attached hydrogen (secondary N) is 2. The van der Waals surface area contributed by atoms with E-state index in [1.54, 1.807) is 0 Å². The van der Waals surface area contributed by atoms with Gasteiger partial charge in [-0.2, -0.15) is 0 Å². The minimum absolute atomic E-state index is 0.0142. The van der Waals surface area contributed by atoms with E-state index >= 15 is 0 Å². The molecule has 1 aliphatic rings. The first-order valence-corrected chi connectivity index (χ1v) is 7.51. The summed E-state index contributed by atoms with van der Waals surface area (Å²) in [7, 11) is -3.20. The molecule has 0 amide bonds. The maximum absolute atomic E-state index is 11.7. The van der Waals surface area contributed by atoms with Crippen LogP contribution in [0.5, 0.6) is 0 Å². The summed E-state index contributed by atoms with van der Waals surface area (Å²) in [4.78, 5) is 0. The summed E-state index contributed by atoms with van der Waals surface area (Å²) in [6, 6.07) is 0.219. The second-order valence-corrected chi connectivity index (χ2v) is 6.00. The molecular formula is C10H22N2O3S. The van der Waals surface area contributed by atoms with Crippen LogP contribution in [-0.2, 0) is 14.8 Å². The second kappa shape index (κ2) is 6.54. The van der Waals surface area contributed by atoms with Gasteiger partial charge in [-0.15, -0.1) is 0 Å². The lowest BCUT2D eigenvalue weighted by molar-refractivity contribution is 0.163. The zero-order valence-electron chi connectivity index (χ0n) is 10.0.